The van der Waals surface area contributed by atoms with E-state index in [0.717, 1.165) is 18.8 Å². The maximum Gasteiger partial charge on any atom is 0.305 e. The van der Waals surface area contributed by atoms with E-state index in [1.165, 1.54) is 180 Å². The number of rotatable bonds is 33. The lowest BCUT2D eigenvalue weighted by molar-refractivity contribution is -0.143. The quantitative estimate of drug-likeness (QED) is 0.0600. The van der Waals surface area contributed by atoms with Crippen LogP contribution in [0.1, 0.15) is 220 Å². The second-order valence-electron chi connectivity index (χ2n) is 12.8. The SMILES string of the molecule is CCCCCCCCCCCCCCCCCCOC(=O)CCCCCCCCCCCCCCC(C)CC. The maximum absolute atomic E-state index is 11.9. The molecule has 0 N–H and O–H groups in total. The molecule has 0 bridgehead atoms. The number of unbranched alkanes of at least 4 members (excludes halogenated alkanes) is 26. The molecule has 0 aliphatic rings. The third-order valence-corrected chi connectivity index (χ3v) is 8.79. The Bertz CT molecular complexity index is 460. The molecule has 0 saturated heterocycles. The van der Waals surface area contributed by atoms with Crippen molar-refractivity contribution < 1.29 is 9.53 Å². The minimum absolute atomic E-state index is 0.0279. The van der Waals surface area contributed by atoms with Gasteiger partial charge in [-0.25, -0.2) is 0 Å². The highest BCUT2D eigenvalue weighted by atomic mass is 16.5. The largest absolute Gasteiger partial charge is 0.466 e. The van der Waals surface area contributed by atoms with Crippen molar-refractivity contribution in [3.63, 3.8) is 0 Å². The van der Waals surface area contributed by atoms with Crippen LogP contribution in [-0.2, 0) is 9.53 Å². The van der Waals surface area contributed by atoms with Gasteiger partial charge in [0, 0.05) is 6.42 Å². The van der Waals surface area contributed by atoms with E-state index in [4.69, 9.17) is 4.74 Å². The highest BCUT2D eigenvalue weighted by Crippen LogP contribution is 2.16. The number of hydrogen-bond donors (Lipinski definition) is 0. The topological polar surface area (TPSA) is 26.3 Å². The number of esters is 1. The smallest absolute Gasteiger partial charge is 0.305 e. The molecule has 0 fully saturated rings. The first-order valence-electron chi connectivity index (χ1n) is 18.4. The summed E-state index contributed by atoms with van der Waals surface area (Å²) in [5.41, 5.74) is 0. The van der Waals surface area contributed by atoms with E-state index in [1.807, 2.05) is 0 Å². The fourth-order valence-electron chi connectivity index (χ4n) is 5.64. The molecular formula is C37H74O2. The van der Waals surface area contributed by atoms with E-state index < -0.39 is 0 Å². The Kier molecular flexibility index (Phi) is 33.2. The van der Waals surface area contributed by atoms with Crippen molar-refractivity contribution in [1.82, 2.24) is 0 Å². The van der Waals surface area contributed by atoms with Crippen molar-refractivity contribution in [1.29, 1.82) is 0 Å². The Morgan fingerprint density at radius 3 is 1.18 bits per heavy atom. The molecule has 1 atom stereocenters. The Balaban J connectivity index is 3.16. The molecule has 0 amide bonds. The van der Waals surface area contributed by atoms with Gasteiger partial charge < -0.3 is 4.74 Å². The predicted octanol–water partition coefficient (Wildman–Crippen LogP) is 13.3. The lowest BCUT2D eigenvalue weighted by Crippen LogP contribution is -2.05. The van der Waals surface area contributed by atoms with Crippen molar-refractivity contribution >= 4 is 5.97 Å². The van der Waals surface area contributed by atoms with Crippen molar-refractivity contribution in [2.45, 2.75) is 220 Å². The molecule has 2 nitrogen and oxygen atoms in total. The van der Waals surface area contributed by atoms with E-state index in [1.54, 1.807) is 0 Å². The predicted molar refractivity (Wildman–Crippen MR) is 175 cm³/mol. The van der Waals surface area contributed by atoms with Crippen LogP contribution < -0.4 is 0 Å². The fraction of sp³-hybridized carbons (Fsp3) is 0.973. The Morgan fingerprint density at radius 2 is 0.795 bits per heavy atom. The minimum Gasteiger partial charge on any atom is -0.466 e. The van der Waals surface area contributed by atoms with Gasteiger partial charge >= 0.3 is 5.97 Å². The first kappa shape index (κ1) is 38.5. The maximum atomic E-state index is 11.9. The molecule has 0 aromatic carbocycles. The van der Waals surface area contributed by atoms with Crippen LogP contribution >= 0.6 is 0 Å². The molecular weight excluding hydrogens is 476 g/mol. The standard InChI is InChI=1S/C37H74O2/c1-4-6-7-8-9-10-11-12-13-14-17-20-23-26-29-32-35-39-37(38)34-31-28-25-22-19-16-15-18-21-24-27-30-33-36(3)5-2/h36H,4-35H2,1-3H3. The fourth-order valence-corrected chi connectivity index (χ4v) is 5.64. The average Bonchev–Trinajstić information content (AvgIpc) is 2.94. The van der Waals surface area contributed by atoms with E-state index in [2.05, 4.69) is 20.8 Å². The van der Waals surface area contributed by atoms with Gasteiger partial charge in [0.05, 0.1) is 6.61 Å². The molecule has 0 saturated carbocycles. The first-order valence-corrected chi connectivity index (χ1v) is 18.4. The number of hydrogen-bond acceptors (Lipinski definition) is 2. The van der Waals surface area contributed by atoms with Crippen LogP contribution in [0.3, 0.4) is 0 Å². The molecule has 1 unspecified atom stereocenters. The lowest BCUT2D eigenvalue weighted by atomic mass is 9.99. The van der Waals surface area contributed by atoms with Gasteiger partial charge in [0.1, 0.15) is 0 Å². The highest BCUT2D eigenvalue weighted by molar-refractivity contribution is 5.69. The second kappa shape index (κ2) is 33.7. The highest BCUT2D eigenvalue weighted by Gasteiger charge is 2.03. The number of carbonyl (C=O) groups excluding carboxylic acids is 1. The molecule has 2 heteroatoms. The number of carbonyl (C=O) groups is 1. The Hall–Kier alpha value is -0.530. The second-order valence-corrected chi connectivity index (χ2v) is 12.8. The van der Waals surface area contributed by atoms with Crippen molar-refractivity contribution in [2.75, 3.05) is 6.61 Å². The van der Waals surface area contributed by atoms with Crippen LogP contribution in [0, 0.1) is 5.92 Å². The van der Waals surface area contributed by atoms with Crippen LogP contribution in [0.2, 0.25) is 0 Å². The zero-order chi connectivity index (χ0) is 28.5. The first-order chi connectivity index (χ1) is 19.2. The Labute approximate surface area is 247 Å². The molecule has 0 heterocycles. The van der Waals surface area contributed by atoms with Gasteiger partial charge in [0.15, 0.2) is 0 Å². The zero-order valence-corrected chi connectivity index (χ0v) is 27.5. The molecule has 0 spiro atoms. The van der Waals surface area contributed by atoms with Crippen molar-refractivity contribution in [2.24, 2.45) is 5.92 Å². The van der Waals surface area contributed by atoms with Gasteiger partial charge in [0.2, 0.25) is 0 Å². The van der Waals surface area contributed by atoms with Crippen LogP contribution in [-0.4, -0.2) is 12.6 Å². The van der Waals surface area contributed by atoms with Gasteiger partial charge in [-0.05, 0) is 18.8 Å². The summed E-state index contributed by atoms with van der Waals surface area (Å²) >= 11 is 0. The summed E-state index contributed by atoms with van der Waals surface area (Å²) in [7, 11) is 0. The van der Waals surface area contributed by atoms with Crippen LogP contribution in [0.5, 0.6) is 0 Å². The molecule has 234 valence electrons. The summed E-state index contributed by atoms with van der Waals surface area (Å²) in [6.07, 6.45) is 41.6. The molecule has 0 aliphatic heterocycles. The van der Waals surface area contributed by atoms with Crippen LogP contribution in [0.15, 0.2) is 0 Å². The van der Waals surface area contributed by atoms with Gasteiger partial charge in [0.25, 0.3) is 0 Å². The van der Waals surface area contributed by atoms with E-state index in [0.29, 0.717) is 13.0 Å². The van der Waals surface area contributed by atoms with Crippen LogP contribution in [0.25, 0.3) is 0 Å². The van der Waals surface area contributed by atoms with E-state index >= 15 is 0 Å². The lowest BCUT2D eigenvalue weighted by Gasteiger charge is -2.07. The molecule has 39 heavy (non-hydrogen) atoms. The van der Waals surface area contributed by atoms with E-state index in [9.17, 15) is 4.79 Å². The van der Waals surface area contributed by atoms with Crippen molar-refractivity contribution in [3.8, 4) is 0 Å². The van der Waals surface area contributed by atoms with Crippen molar-refractivity contribution in [3.05, 3.63) is 0 Å². The Morgan fingerprint density at radius 1 is 0.462 bits per heavy atom. The van der Waals surface area contributed by atoms with Gasteiger partial charge in [-0.1, -0.05) is 201 Å². The molecule has 0 aromatic rings. The zero-order valence-electron chi connectivity index (χ0n) is 27.5. The summed E-state index contributed by atoms with van der Waals surface area (Å²) < 4.78 is 5.45. The average molecular weight is 551 g/mol. The number of ether oxygens (including phenoxy) is 1. The van der Waals surface area contributed by atoms with Gasteiger partial charge in [-0.3, -0.25) is 4.79 Å². The summed E-state index contributed by atoms with van der Waals surface area (Å²) in [6, 6.07) is 0. The molecule has 0 radical (unpaired) electrons. The summed E-state index contributed by atoms with van der Waals surface area (Å²) in [6.45, 7) is 7.62. The third-order valence-electron chi connectivity index (χ3n) is 8.79. The van der Waals surface area contributed by atoms with Gasteiger partial charge in [-0.15, -0.1) is 0 Å². The van der Waals surface area contributed by atoms with E-state index in [-0.39, 0.29) is 5.97 Å². The normalized spacial score (nSPS) is 12.2. The third kappa shape index (κ3) is 33.6. The summed E-state index contributed by atoms with van der Waals surface area (Å²) in [4.78, 5) is 11.9. The van der Waals surface area contributed by atoms with Crippen LogP contribution in [0.4, 0.5) is 0 Å². The summed E-state index contributed by atoms with van der Waals surface area (Å²) in [5.74, 6) is 0.948. The minimum atomic E-state index is 0.0279. The molecule has 0 aromatic heterocycles. The molecule has 0 aliphatic carbocycles. The molecule has 0 rings (SSSR count). The summed E-state index contributed by atoms with van der Waals surface area (Å²) in [5, 5.41) is 0. The van der Waals surface area contributed by atoms with Gasteiger partial charge in [-0.2, -0.15) is 0 Å². The monoisotopic (exact) mass is 551 g/mol.